The Morgan fingerprint density at radius 2 is 1.90 bits per heavy atom. The molecule has 42 heavy (non-hydrogen) atoms. The normalized spacial score (nSPS) is 11.4. The number of ether oxygens (including phenoxy) is 2. The Balaban J connectivity index is 1.41. The highest BCUT2D eigenvalue weighted by molar-refractivity contribution is 6.32. The lowest BCUT2D eigenvalue weighted by molar-refractivity contribution is -0.385. The van der Waals surface area contributed by atoms with E-state index >= 15 is 0 Å². The van der Waals surface area contributed by atoms with Crippen LogP contribution < -0.4 is 15.0 Å². The molecule has 0 aliphatic heterocycles. The number of para-hydroxylation sites is 1. The number of aromatic nitrogens is 3. The number of fused-ring (bicyclic) bond motifs is 2. The van der Waals surface area contributed by atoms with Gasteiger partial charge in [0.05, 0.1) is 34.2 Å². The Morgan fingerprint density at radius 3 is 2.67 bits per heavy atom. The van der Waals surface area contributed by atoms with Crippen LogP contribution in [0.2, 0.25) is 10.0 Å². The number of rotatable bonds is 7. The molecule has 3 aromatic heterocycles. The van der Waals surface area contributed by atoms with E-state index < -0.39 is 10.5 Å². The van der Waals surface area contributed by atoms with Crippen LogP contribution >= 0.6 is 23.2 Å². The quantitative estimate of drug-likeness (QED) is 0.107. The van der Waals surface area contributed by atoms with E-state index in [0.717, 1.165) is 16.3 Å². The van der Waals surface area contributed by atoms with Gasteiger partial charge in [0.1, 0.15) is 11.8 Å². The molecule has 13 heteroatoms. The van der Waals surface area contributed by atoms with Gasteiger partial charge in [-0.25, -0.2) is 9.97 Å². The summed E-state index contributed by atoms with van der Waals surface area (Å²) in [5.74, 6) is 0.964. The maximum absolute atomic E-state index is 13.6. The number of halogens is 2. The standard InChI is InChI=1S/C29H17Cl2N5O6/c1-40-24-11-16(10-21(31)27(24)42-26-9-7-19(15-32-26)36(38)39)14-33-35-28(34-22-5-3-2-4-20(22)29(35)37)25-13-17-12-18(30)6-8-23(17)41-25/h2-15H,1H3. The number of nitrogens with zero attached hydrogens (tertiary/aromatic N) is 5. The van der Waals surface area contributed by atoms with Gasteiger partial charge in [-0.2, -0.15) is 9.78 Å². The van der Waals surface area contributed by atoms with Gasteiger partial charge in [0.2, 0.25) is 11.7 Å². The summed E-state index contributed by atoms with van der Waals surface area (Å²) in [6.07, 6.45) is 2.49. The molecule has 3 aromatic carbocycles. The van der Waals surface area contributed by atoms with Crippen LogP contribution in [0.25, 0.3) is 33.5 Å². The molecule has 0 bridgehead atoms. The maximum atomic E-state index is 13.6. The average molecular weight is 602 g/mol. The Kier molecular flexibility index (Phi) is 7.03. The van der Waals surface area contributed by atoms with Crippen molar-refractivity contribution in [3.63, 3.8) is 0 Å². The van der Waals surface area contributed by atoms with Crippen molar-refractivity contribution in [2.75, 3.05) is 7.11 Å². The first-order valence-corrected chi connectivity index (χ1v) is 13.0. The predicted molar refractivity (Wildman–Crippen MR) is 158 cm³/mol. The van der Waals surface area contributed by atoms with Gasteiger partial charge in [0.25, 0.3) is 11.2 Å². The molecule has 0 saturated heterocycles. The highest BCUT2D eigenvalue weighted by Crippen LogP contribution is 2.39. The van der Waals surface area contributed by atoms with Gasteiger partial charge >= 0.3 is 0 Å². The fourth-order valence-corrected chi connectivity index (χ4v) is 4.64. The first-order chi connectivity index (χ1) is 20.3. The van der Waals surface area contributed by atoms with Crippen LogP contribution in [-0.4, -0.2) is 32.9 Å². The lowest BCUT2D eigenvalue weighted by Crippen LogP contribution is -2.20. The monoisotopic (exact) mass is 601 g/mol. The zero-order chi connectivity index (χ0) is 29.4. The van der Waals surface area contributed by atoms with Crippen LogP contribution in [0.3, 0.4) is 0 Å². The summed E-state index contributed by atoms with van der Waals surface area (Å²) < 4.78 is 18.3. The van der Waals surface area contributed by atoms with Crippen LogP contribution in [0.4, 0.5) is 5.69 Å². The van der Waals surface area contributed by atoms with Gasteiger partial charge in [-0.1, -0.05) is 35.3 Å². The number of pyridine rings is 1. The van der Waals surface area contributed by atoms with E-state index in [0.29, 0.717) is 32.8 Å². The molecule has 6 rings (SSSR count). The number of nitro groups is 1. The number of hydrogen-bond donors (Lipinski definition) is 0. The van der Waals surface area contributed by atoms with E-state index in [-0.39, 0.29) is 33.9 Å². The van der Waals surface area contributed by atoms with Crippen LogP contribution in [0.1, 0.15) is 5.56 Å². The molecule has 11 nitrogen and oxygen atoms in total. The van der Waals surface area contributed by atoms with Gasteiger partial charge in [0, 0.05) is 22.5 Å². The molecule has 0 saturated carbocycles. The predicted octanol–water partition coefficient (Wildman–Crippen LogP) is 7.10. The summed E-state index contributed by atoms with van der Waals surface area (Å²) in [7, 11) is 1.42. The van der Waals surface area contributed by atoms with E-state index in [9.17, 15) is 14.9 Å². The second-order valence-corrected chi connectivity index (χ2v) is 9.70. The van der Waals surface area contributed by atoms with Crippen molar-refractivity contribution in [1.82, 2.24) is 14.6 Å². The molecule has 0 unspecified atom stereocenters. The number of methoxy groups -OCH3 is 1. The number of benzene rings is 3. The Morgan fingerprint density at radius 1 is 1.07 bits per heavy atom. The van der Waals surface area contributed by atoms with Crippen LogP contribution in [0, 0.1) is 10.1 Å². The third-order valence-electron chi connectivity index (χ3n) is 6.16. The Hall–Kier alpha value is -5.26. The lowest BCUT2D eigenvalue weighted by Gasteiger charge is -2.12. The molecule has 0 fully saturated rings. The summed E-state index contributed by atoms with van der Waals surface area (Å²) in [5, 5.41) is 17.1. The Bertz CT molecular complexity index is 2090. The molecule has 0 radical (unpaired) electrons. The van der Waals surface area contributed by atoms with E-state index in [1.54, 1.807) is 60.7 Å². The van der Waals surface area contributed by atoms with Crippen LogP contribution in [-0.2, 0) is 0 Å². The second-order valence-electron chi connectivity index (χ2n) is 8.85. The molecule has 0 aliphatic rings. The number of furan rings is 1. The summed E-state index contributed by atoms with van der Waals surface area (Å²) in [4.78, 5) is 32.5. The first-order valence-electron chi connectivity index (χ1n) is 12.2. The molecule has 208 valence electrons. The van der Waals surface area contributed by atoms with Crippen LogP contribution in [0.15, 0.2) is 93.3 Å². The lowest BCUT2D eigenvalue weighted by atomic mass is 10.2. The van der Waals surface area contributed by atoms with Crippen molar-refractivity contribution in [1.29, 1.82) is 0 Å². The summed E-state index contributed by atoms with van der Waals surface area (Å²) in [5.41, 5.74) is 0.933. The zero-order valence-electron chi connectivity index (χ0n) is 21.5. The van der Waals surface area contributed by atoms with Crippen molar-refractivity contribution in [3.05, 3.63) is 115 Å². The molecular formula is C29H17Cl2N5O6. The molecular weight excluding hydrogens is 585 g/mol. The van der Waals surface area contributed by atoms with Crippen molar-refractivity contribution >= 4 is 57.0 Å². The SMILES string of the molecule is COc1cc(C=Nn2c(-c3cc4cc(Cl)ccc4o3)nc3ccccc3c2=O)cc(Cl)c1Oc1ccc([N+](=O)[O-])cn1. The first kappa shape index (κ1) is 26.9. The van der Waals surface area contributed by atoms with Gasteiger partial charge in [-0.15, -0.1) is 0 Å². The Labute approximate surface area is 246 Å². The third-order valence-corrected chi connectivity index (χ3v) is 6.68. The minimum absolute atomic E-state index is 0.0766. The van der Waals surface area contributed by atoms with Gasteiger partial charge in [-0.05, 0) is 54.1 Å². The average Bonchev–Trinajstić information content (AvgIpc) is 3.41. The second kappa shape index (κ2) is 11.0. The summed E-state index contributed by atoms with van der Waals surface area (Å²) >= 11 is 12.7. The summed E-state index contributed by atoms with van der Waals surface area (Å²) in [6, 6.07) is 19.6. The van der Waals surface area contributed by atoms with Gasteiger partial charge in [-0.3, -0.25) is 14.9 Å². The molecule has 6 aromatic rings. The summed E-state index contributed by atoms with van der Waals surface area (Å²) in [6.45, 7) is 0. The van der Waals surface area contributed by atoms with E-state index in [1.807, 2.05) is 0 Å². The highest BCUT2D eigenvalue weighted by Gasteiger charge is 2.18. The van der Waals surface area contributed by atoms with Crippen molar-refractivity contribution in [2.45, 2.75) is 0 Å². The molecule has 0 amide bonds. The van der Waals surface area contributed by atoms with Crippen molar-refractivity contribution in [3.8, 4) is 29.0 Å². The molecule has 0 N–H and O–H groups in total. The van der Waals surface area contributed by atoms with E-state index in [4.69, 9.17) is 37.1 Å². The molecule has 0 atom stereocenters. The van der Waals surface area contributed by atoms with Crippen LogP contribution in [0.5, 0.6) is 17.4 Å². The molecule has 0 spiro atoms. The minimum Gasteiger partial charge on any atom is -0.493 e. The fraction of sp³-hybridized carbons (Fsp3) is 0.0345. The zero-order valence-corrected chi connectivity index (χ0v) is 23.0. The highest BCUT2D eigenvalue weighted by atomic mass is 35.5. The topological polar surface area (TPSA) is 135 Å². The maximum Gasteiger partial charge on any atom is 0.287 e. The number of hydrogen-bond acceptors (Lipinski definition) is 9. The fourth-order valence-electron chi connectivity index (χ4n) is 4.20. The van der Waals surface area contributed by atoms with Crippen molar-refractivity contribution in [2.24, 2.45) is 5.10 Å². The minimum atomic E-state index is -0.565. The molecule has 0 aliphatic carbocycles. The largest absolute Gasteiger partial charge is 0.493 e. The molecule has 3 heterocycles. The smallest absolute Gasteiger partial charge is 0.287 e. The van der Waals surface area contributed by atoms with Crippen molar-refractivity contribution < 1.29 is 18.8 Å². The van der Waals surface area contributed by atoms with E-state index in [2.05, 4.69) is 15.1 Å². The third kappa shape index (κ3) is 5.14. The van der Waals surface area contributed by atoms with Gasteiger partial charge in [0.15, 0.2) is 17.3 Å². The van der Waals surface area contributed by atoms with E-state index in [1.165, 1.54) is 25.5 Å². The van der Waals surface area contributed by atoms with Gasteiger partial charge < -0.3 is 13.9 Å².